The van der Waals surface area contributed by atoms with E-state index in [0.29, 0.717) is 35.2 Å². The Morgan fingerprint density at radius 1 is 1.03 bits per heavy atom. The summed E-state index contributed by atoms with van der Waals surface area (Å²) < 4.78 is 21.8. The second-order valence-corrected chi connectivity index (χ2v) is 6.45. The Balaban J connectivity index is 1.38. The van der Waals surface area contributed by atoms with Crippen molar-refractivity contribution in [1.82, 2.24) is 5.43 Å². The van der Waals surface area contributed by atoms with Crippen molar-refractivity contribution in [2.45, 2.75) is 6.61 Å². The number of nitrogens with one attached hydrogen (secondary N) is 1. The predicted molar refractivity (Wildman–Crippen MR) is 111 cm³/mol. The van der Waals surface area contributed by atoms with Gasteiger partial charge in [-0.1, -0.05) is 30.3 Å². The molecule has 30 heavy (non-hydrogen) atoms. The minimum absolute atomic E-state index is 0.158. The van der Waals surface area contributed by atoms with E-state index in [-0.39, 0.29) is 12.7 Å². The number of fused-ring (bicyclic) bond motifs is 1. The van der Waals surface area contributed by atoms with Gasteiger partial charge in [0, 0.05) is 5.56 Å². The van der Waals surface area contributed by atoms with Crippen LogP contribution in [0, 0.1) is 0 Å². The Bertz CT molecular complexity index is 1070. The molecule has 4 rings (SSSR count). The molecule has 0 unspecified atom stereocenters. The molecule has 3 aromatic carbocycles. The van der Waals surface area contributed by atoms with Crippen LogP contribution in [0.5, 0.6) is 23.0 Å². The molecule has 0 atom stereocenters. The fourth-order valence-corrected chi connectivity index (χ4v) is 2.89. The number of nitrogens with zero attached hydrogens (tertiary/aromatic N) is 1. The first-order chi connectivity index (χ1) is 14.7. The number of ether oxygens (including phenoxy) is 4. The van der Waals surface area contributed by atoms with Crippen molar-refractivity contribution >= 4 is 12.1 Å². The molecular formula is C23H20N2O5. The Morgan fingerprint density at radius 2 is 1.87 bits per heavy atom. The molecule has 1 aliphatic heterocycles. The van der Waals surface area contributed by atoms with Crippen LogP contribution >= 0.6 is 0 Å². The summed E-state index contributed by atoms with van der Waals surface area (Å²) in [6.45, 7) is 0.599. The van der Waals surface area contributed by atoms with Crippen LogP contribution in [0.2, 0.25) is 0 Å². The highest BCUT2D eigenvalue weighted by Crippen LogP contribution is 2.32. The summed E-state index contributed by atoms with van der Waals surface area (Å²) in [7, 11) is 1.58. The Hall–Kier alpha value is -4.00. The molecule has 0 bridgehead atoms. The maximum atomic E-state index is 12.3. The summed E-state index contributed by atoms with van der Waals surface area (Å²) in [6, 6.07) is 20.3. The molecule has 1 amide bonds. The second kappa shape index (κ2) is 9.00. The quantitative estimate of drug-likeness (QED) is 0.479. The van der Waals surface area contributed by atoms with E-state index in [0.717, 1.165) is 11.1 Å². The fourth-order valence-electron chi connectivity index (χ4n) is 2.89. The zero-order valence-electron chi connectivity index (χ0n) is 16.3. The van der Waals surface area contributed by atoms with Crippen LogP contribution in [0.1, 0.15) is 21.5 Å². The van der Waals surface area contributed by atoms with Gasteiger partial charge in [-0.25, -0.2) is 5.43 Å². The standard InChI is InChI=1S/C23H20N2O5/c1-27-21-11-17(7-9-19(21)28-14-16-5-3-2-4-6-16)13-24-25-23(26)18-8-10-20-22(12-18)30-15-29-20/h2-13H,14-15H2,1H3,(H,25,26)/b24-13-. The first-order valence-corrected chi connectivity index (χ1v) is 9.31. The lowest BCUT2D eigenvalue weighted by atomic mass is 10.2. The molecule has 152 valence electrons. The van der Waals surface area contributed by atoms with Gasteiger partial charge in [-0.2, -0.15) is 5.10 Å². The molecule has 1 aliphatic rings. The third-order valence-electron chi connectivity index (χ3n) is 4.44. The summed E-state index contributed by atoms with van der Waals surface area (Å²) in [4.78, 5) is 12.3. The molecule has 0 fully saturated rings. The summed E-state index contributed by atoms with van der Waals surface area (Å²) in [5.41, 5.74) is 4.75. The van der Waals surface area contributed by atoms with Crippen LogP contribution in [-0.4, -0.2) is 26.0 Å². The van der Waals surface area contributed by atoms with Gasteiger partial charge in [0.25, 0.3) is 5.91 Å². The van der Waals surface area contributed by atoms with Gasteiger partial charge in [0.2, 0.25) is 6.79 Å². The van der Waals surface area contributed by atoms with E-state index in [1.54, 1.807) is 31.4 Å². The van der Waals surface area contributed by atoms with E-state index in [2.05, 4.69) is 10.5 Å². The lowest BCUT2D eigenvalue weighted by molar-refractivity contribution is 0.0954. The smallest absolute Gasteiger partial charge is 0.271 e. The van der Waals surface area contributed by atoms with E-state index < -0.39 is 0 Å². The number of carbonyl (C=O) groups excluding carboxylic acids is 1. The van der Waals surface area contributed by atoms with Crippen molar-refractivity contribution in [3.05, 3.63) is 83.4 Å². The lowest BCUT2D eigenvalue weighted by Gasteiger charge is -2.11. The van der Waals surface area contributed by atoms with Crippen LogP contribution < -0.4 is 24.4 Å². The van der Waals surface area contributed by atoms with Gasteiger partial charge >= 0.3 is 0 Å². The van der Waals surface area contributed by atoms with Crippen LogP contribution in [-0.2, 0) is 6.61 Å². The summed E-state index contributed by atoms with van der Waals surface area (Å²) in [6.07, 6.45) is 1.54. The average molecular weight is 404 g/mol. The van der Waals surface area contributed by atoms with Gasteiger partial charge in [-0.3, -0.25) is 4.79 Å². The molecule has 7 heteroatoms. The zero-order valence-corrected chi connectivity index (χ0v) is 16.3. The van der Waals surface area contributed by atoms with Crippen molar-refractivity contribution in [2.24, 2.45) is 5.10 Å². The summed E-state index contributed by atoms with van der Waals surface area (Å²) in [5, 5.41) is 4.02. The maximum absolute atomic E-state index is 12.3. The molecule has 1 heterocycles. The SMILES string of the molecule is COc1cc(/C=N\NC(=O)c2ccc3c(c2)OCO3)ccc1OCc1ccccc1. The van der Waals surface area contributed by atoms with Crippen LogP contribution in [0.15, 0.2) is 71.8 Å². The number of hydrazone groups is 1. The molecular weight excluding hydrogens is 384 g/mol. The van der Waals surface area contributed by atoms with Crippen LogP contribution in [0.25, 0.3) is 0 Å². The van der Waals surface area contributed by atoms with Gasteiger partial charge in [-0.05, 0) is 47.5 Å². The highest BCUT2D eigenvalue weighted by Gasteiger charge is 2.15. The van der Waals surface area contributed by atoms with Crippen molar-refractivity contribution in [3.63, 3.8) is 0 Å². The first kappa shape index (κ1) is 19.3. The van der Waals surface area contributed by atoms with Crippen molar-refractivity contribution in [2.75, 3.05) is 13.9 Å². The summed E-state index contributed by atoms with van der Waals surface area (Å²) >= 11 is 0. The Morgan fingerprint density at radius 3 is 2.70 bits per heavy atom. The predicted octanol–water partition coefficient (Wildman–Crippen LogP) is 3.77. The molecule has 0 spiro atoms. The Kier molecular flexibility index (Phi) is 5.80. The van der Waals surface area contributed by atoms with Crippen LogP contribution in [0.3, 0.4) is 0 Å². The largest absolute Gasteiger partial charge is 0.493 e. The van der Waals surface area contributed by atoms with Gasteiger partial charge in [0.05, 0.1) is 13.3 Å². The molecule has 0 saturated heterocycles. The van der Waals surface area contributed by atoms with Crippen LogP contribution in [0.4, 0.5) is 0 Å². The lowest BCUT2D eigenvalue weighted by Crippen LogP contribution is -2.17. The van der Waals surface area contributed by atoms with Gasteiger partial charge < -0.3 is 18.9 Å². The van der Waals surface area contributed by atoms with E-state index in [9.17, 15) is 4.79 Å². The number of benzene rings is 3. The molecule has 0 aromatic heterocycles. The monoisotopic (exact) mass is 404 g/mol. The van der Waals surface area contributed by atoms with E-state index in [4.69, 9.17) is 18.9 Å². The second-order valence-electron chi connectivity index (χ2n) is 6.45. The number of hydrogen-bond donors (Lipinski definition) is 1. The Labute approximate surface area is 173 Å². The maximum Gasteiger partial charge on any atom is 0.271 e. The molecule has 1 N–H and O–H groups in total. The average Bonchev–Trinajstić information content (AvgIpc) is 3.26. The number of rotatable bonds is 7. The van der Waals surface area contributed by atoms with Gasteiger partial charge in [0.1, 0.15) is 6.61 Å². The fraction of sp³-hybridized carbons (Fsp3) is 0.130. The molecule has 0 saturated carbocycles. The number of methoxy groups -OCH3 is 1. The normalized spacial score (nSPS) is 12.0. The van der Waals surface area contributed by atoms with E-state index >= 15 is 0 Å². The van der Waals surface area contributed by atoms with Gasteiger partial charge in [0.15, 0.2) is 23.0 Å². The molecule has 3 aromatic rings. The summed E-state index contributed by atoms with van der Waals surface area (Å²) in [5.74, 6) is 2.03. The molecule has 0 aliphatic carbocycles. The minimum Gasteiger partial charge on any atom is -0.493 e. The number of carbonyl (C=O) groups is 1. The van der Waals surface area contributed by atoms with Crippen molar-refractivity contribution in [3.8, 4) is 23.0 Å². The minimum atomic E-state index is -0.348. The highest BCUT2D eigenvalue weighted by atomic mass is 16.7. The molecule has 0 radical (unpaired) electrons. The zero-order chi connectivity index (χ0) is 20.8. The number of hydrogen-bond acceptors (Lipinski definition) is 6. The third-order valence-corrected chi connectivity index (χ3v) is 4.44. The van der Waals surface area contributed by atoms with Crippen molar-refractivity contribution < 1.29 is 23.7 Å². The van der Waals surface area contributed by atoms with Gasteiger partial charge in [-0.15, -0.1) is 0 Å². The molecule has 7 nitrogen and oxygen atoms in total. The van der Waals surface area contributed by atoms with E-state index in [1.807, 2.05) is 42.5 Å². The highest BCUT2D eigenvalue weighted by molar-refractivity contribution is 5.95. The van der Waals surface area contributed by atoms with E-state index in [1.165, 1.54) is 6.21 Å². The third kappa shape index (κ3) is 4.52. The number of amides is 1. The first-order valence-electron chi connectivity index (χ1n) is 9.31. The van der Waals surface area contributed by atoms with Crippen molar-refractivity contribution in [1.29, 1.82) is 0 Å². The topological polar surface area (TPSA) is 78.4 Å².